The molecular formula is C17H17F. The molecule has 0 atom stereocenters. The van der Waals surface area contributed by atoms with Gasteiger partial charge in [-0.15, -0.1) is 0 Å². The Kier molecular flexibility index (Phi) is 3.61. The van der Waals surface area contributed by atoms with Crippen molar-refractivity contribution in [1.82, 2.24) is 0 Å². The van der Waals surface area contributed by atoms with E-state index < -0.39 is 0 Å². The molecule has 0 bridgehead atoms. The lowest BCUT2D eigenvalue weighted by atomic mass is 9.92. The number of hydrogen-bond acceptors (Lipinski definition) is 0. The van der Waals surface area contributed by atoms with Crippen LogP contribution in [0.25, 0.3) is 17.2 Å². The fraction of sp³-hybridized carbons (Fsp3) is 0.176. The SMILES string of the molecule is C=Cc1ccc(-c2c(F)cccc2C(C)C)cc1. The van der Waals surface area contributed by atoms with Crippen molar-refractivity contribution < 1.29 is 4.39 Å². The first-order valence-corrected chi connectivity index (χ1v) is 6.14. The van der Waals surface area contributed by atoms with Crippen LogP contribution < -0.4 is 0 Å². The monoisotopic (exact) mass is 240 g/mol. The molecule has 0 nitrogen and oxygen atoms in total. The third-order valence-corrected chi connectivity index (χ3v) is 3.10. The molecule has 18 heavy (non-hydrogen) atoms. The van der Waals surface area contributed by atoms with Crippen LogP contribution >= 0.6 is 0 Å². The second kappa shape index (κ2) is 5.18. The van der Waals surface area contributed by atoms with Gasteiger partial charge in [0.15, 0.2) is 0 Å². The summed E-state index contributed by atoms with van der Waals surface area (Å²) in [4.78, 5) is 0. The maximum atomic E-state index is 14.1. The van der Waals surface area contributed by atoms with E-state index >= 15 is 0 Å². The van der Waals surface area contributed by atoms with Crippen LogP contribution in [0.1, 0.15) is 30.9 Å². The Bertz CT molecular complexity index is 550. The maximum Gasteiger partial charge on any atom is 0.131 e. The first-order chi connectivity index (χ1) is 8.63. The van der Waals surface area contributed by atoms with E-state index in [-0.39, 0.29) is 5.82 Å². The van der Waals surface area contributed by atoms with Gasteiger partial charge in [-0.3, -0.25) is 0 Å². The molecule has 0 aliphatic heterocycles. The summed E-state index contributed by atoms with van der Waals surface area (Å²) in [5.41, 5.74) is 3.72. The zero-order valence-electron chi connectivity index (χ0n) is 10.8. The molecule has 0 heterocycles. The Balaban J connectivity index is 2.58. The lowest BCUT2D eigenvalue weighted by molar-refractivity contribution is 0.627. The predicted octanol–water partition coefficient (Wildman–Crippen LogP) is 5.26. The third-order valence-electron chi connectivity index (χ3n) is 3.10. The van der Waals surface area contributed by atoms with Crippen LogP contribution in [0.5, 0.6) is 0 Å². The Labute approximate surface area is 108 Å². The van der Waals surface area contributed by atoms with E-state index in [4.69, 9.17) is 0 Å². The van der Waals surface area contributed by atoms with E-state index in [1.54, 1.807) is 12.1 Å². The second-order valence-electron chi connectivity index (χ2n) is 4.68. The minimum Gasteiger partial charge on any atom is -0.206 e. The smallest absolute Gasteiger partial charge is 0.131 e. The lowest BCUT2D eigenvalue weighted by Crippen LogP contribution is -1.95. The highest BCUT2D eigenvalue weighted by atomic mass is 19.1. The van der Waals surface area contributed by atoms with Gasteiger partial charge in [0.1, 0.15) is 5.82 Å². The van der Waals surface area contributed by atoms with Crippen LogP contribution in [0.3, 0.4) is 0 Å². The average Bonchev–Trinajstić information content (AvgIpc) is 2.38. The van der Waals surface area contributed by atoms with Crippen LogP contribution in [-0.2, 0) is 0 Å². The molecule has 2 aromatic rings. The van der Waals surface area contributed by atoms with Gasteiger partial charge in [-0.2, -0.15) is 0 Å². The number of rotatable bonds is 3. The molecule has 0 saturated heterocycles. The van der Waals surface area contributed by atoms with Gasteiger partial charge in [-0.1, -0.05) is 62.9 Å². The zero-order valence-corrected chi connectivity index (χ0v) is 10.8. The molecule has 0 radical (unpaired) electrons. The van der Waals surface area contributed by atoms with Crippen molar-refractivity contribution in [2.45, 2.75) is 19.8 Å². The Morgan fingerprint density at radius 1 is 1.06 bits per heavy atom. The van der Waals surface area contributed by atoms with E-state index in [2.05, 4.69) is 20.4 Å². The molecule has 0 aliphatic carbocycles. The lowest BCUT2D eigenvalue weighted by Gasteiger charge is -2.14. The number of benzene rings is 2. The average molecular weight is 240 g/mol. The highest BCUT2D eigenvalue weighted by Gasteiger charge is 2.12. The first-order valence-electron chi connectivity index (χ1n) is 6.14. The Morgan fingerprint density at radius 3 is 2.28 bits per heavy atom. The van der Waals surface area contributed by atoms with Gasteiger partial charge < -0.3 is 0 Å². The molecular weight excluding hydrogens is 223 g/mol. The van der Waals surface area contributed by atoms with Crippen molar-refractivity contribution >= 4 is 6.08 Å². The van der Waals surface area contributed by atoms with Gasteiger partial charge in [0, 0.05) is 5.56 Å². The summed E-state index contributed by atoms with van der Waals surface area (Å²) in [6.45, 7) is 7.88. The largest absolute Gasteiger partial charge is 0.206 e. The van der Waals surface area contributed by atoms with Crippen molar-refractivity contribution in [3.05, 3.63) is 66.0 Å². The predicted molar refractivity (Wildman–Crippen MR) is 76.0 cm³/mol. The van der Waals surface area contributed by atoms with Crippen LogP contribution in [0.4, 0.5) is 4.39 Å². The summed E-state index contributed by atoms with van der Waals surface area (Å²) in [6, 6.07) is 13.1. The van der Waals surface area contributed by atoms with Crippen molar-refractivity contribution in [2.24, 2.45) is 0 Å². The third kappa shape index (κ3) is 2.35. The van der Waals surface area contributed by atoms with E-state index in [0.29, 0.717) is 11.5 Å². The fourth-order valence-electron chi connectivity index (χ4n) is 2.11. The van der Waals surface area contributed by atoms with Gasteiger partial charge in [-0.25, -0.2) is 4.39 Å². The number of halogens is 1. The Morgan fingerprint density at radius 2 is 1.72 bits per heavy atom. The fourth-order valence-corrected chi connectivity index (χ4v) is 2.11. The summed E-state index contributed by atoms with van der Waals surface area (Å²) in [5, 5.41) is 0. The highest BCUT2D eigenvalue weighted by Crippen LogP contribution is 2.31. The summed E-state index contributed by atoms with van der Waals surface area (Å²) in [5.74, 6) is 0.141. The van der Waals surface area contributed by atoms with E-state index in [1.165, 1.54) is 6.07 Å². The molecule has 92 valence electrons. The van der Waals surface area contributed by atoms with Crippen molar-refractivity contribution in [3.8, 4) is 11.1 Å². The van der Waals surface area contributed by atoms with Gasteiger partial charge in [0.25, 0.3) is 0 Å². The normalized spacial score (nSPS) is 10.7. The minimum absolute atomic E-state index is 0.160. The second-order valence-corrected chi connectivity index (χ2v) is 4.68. The molecule has 0 saturated carbocycles. The quantitative estimate of drug-likeness (QED) is 0.686. The van der Waals surface area contributed by atoms with E-state index in [9.17, 15) is 4.39 Å². The molecule has 0 aliphatic rings. The molecule has 0 amide bonds. The van der Waals surface area contributed by atoms with Crippen LogP contribution in [0.2, 0.25) is 0 Å². The van der Waals surface area contributed by atoms with Crippen LogP contribution in [-0.4, -0.2) is 0 Å². The molecule has 2 aromatic carbocycles. The summed E-state index contributed by atoms with van der Waals surface area (Å²) >= 11 is 0. The van der Waals surface area contributed by atoms with Gasteiger partial charge in [0.05, 0.1) is 0 Å². The summed E-state index contributed by atoms with van der Waals surface area (Å²) in [7, 11) is 0. The molecule has 0 N–H and O–H groups in total. The maximum absolute atomic E-state index is 14.1. The molecule has 0 fully saturated rings. The van der Waals surface area contributed by atoms with Crippen molar-refractivity contribution in [3.63, 3.8) is 0 Å². The summed E-state index contributed by atoms with van der Waals surface area (Å²) in [6.07, 6.45) is 1.79. The van der Waals surface area contributed by atoms with E-state index in [1.807, 2.05) is 30.3 Å². The highest BCUT2D eigenvalue weighted by molar-refractivity contribution is 5.70. The molecule has 0 spiro atoms. The summed E-state index contributed by atoms with van der Waals surface area (Å²) < 4.78 is 14.1. The molecule has 0 unspecified atom stereocenters. The van der Waals surface area contributed by atoms with Gasteiger partial charge in [-0.05, 0) is 28.7 Å². The zero-order chi connectivity index (χ0) is 13.1. The topological polar surface area (TPSA) is 0 Å². The standard InChI is InChI=1S/C17H17F/c1-4-13-8-10-14(11-9-13)17-15(12(2)3)6-5-7-16(17)18/h4-12H,1H2,2-3H3. The van der Waals surface area contributed by atoms with E-state index in [0.717, 1.165) is 16.7 Å². The van der Waals surface area contributed by atoms with Crippen LogP contribution in [0.15, 0.2) is 49.0 Å². The molecule has 1 heteroatoms. The Hall–Kier alpha value is -1.89. The minimum atomic E-state index is -0.160. The van der Waals surface area contributed by atoms with Gasteiger partial charge >= 0.3 is 0 Å². The first kappa shape index (κ1) is 12.6. The van der Waals surface area contributed by atoms with Crippen LogP contribution in [0, 0.1) is 5.82 Å². The molecule has 2 rings (SSSR count). The van der Waals surface area contributed by atoms with Crippen molar-refractivity contribution in [2.75, 3.05) is 0 Å². The van der Waals surface area contributed by atoms with Gasteiger partial charge in [0.2, 0.25) is 0 Å². The number of hydrogen-bond donors (Lipinski definition) is 0. The van der Waals surface area contributed by atoms with Crippen molar-refractivity contribution in [1.29, 1.82) is 0 Å². The molecule has 0 aromatic heterocycles.